The number of carbonyl (C=O) groups is 1. The van der Waals surface area contributed by atoms with Gasteiger partial charge in [-0.15, -0.1) is 0 Å². The minimum atomic E-state index is -0.0727. The summed E-state index contributed by atoms with van der Waals surface area (Å²) in [6.07, 6.45) is 0. The Hall–Kier alpha value is -1.87. The number of nitrogens with one attached hydrogen (secondary N) is 1. The van der Waals surface area contributed by atoms with Crippen molar-refractivity contribution >= 4 is 16.7 Å². The number of hydrazine groups is 1. The number of benzene rings is 2. The molecule has 0 bridgehead atoms. The van der Waals surface area contributed by atoms with E-state index in [1.165, 1.54) is 5.56 Å². The van der Waals surface area contributed by atoms with E-state index in [1.54, 1.807) is 5.01 Å². The Labute approximate surface area is 114 Å². The van der Waals surface area contributed by atoms with E-state index < -0.39 is 0 Å². The molecule has 1 N–H and O–H groups in total. The van der Waals surface area contributed by atoms with E-state index in [2.05, 4.69) is 31.4 Å². The SMILES string of the molecule is CC(C)c1ccc(C(=O)NN(C)C)c2ccccc12. The average Bonchev–Trinajstić information content (AvgIpc) is 2.36. The average molecular weight is 256 g/mol. The molecule has 0 spiro atoms. The Morgan fingerprint density at radius 1 is 1.05 bits per heavy atom. The molecule has 2 aromatic rings. The third-order valence-electron chi connectivity index (χ3n) is 3.15. The highest BCUT2D eigenvalue weighted by Gasteiger charge is 2.13. The van der Waals surface area contributed by atoms with Gasteiger partial charge >= 0.3 is 0 Å². The third kappa shape index (κ3) is 2.76. The normalized spacial score (nSPS) is 11.3. The van der Waals surface area contributed by atoms with Crippen LogP contribution in [-0.4, -0.2) is 25.0 Å². The lowest BCUT2D eigenvalue weighted by Gasteiger charge is -2.16. The molecule has 3 nitrogen and oxygen atoms in total. The molecule has 1 amide bonds. The van der Waals surface area contributed by atoms with Crippen LogP contribution in [0.1, 0.15) is 35.7 Å². The summed E-state index contributed by atoms with van der Waals surface area (Å²) in [6, 6.07) is 12.0. The largest absolute Gasteiger partial charge is 0.285 e. The van der Waals surface area contributed by atoms with Crippen molar-refractivity contribution in [1.29, 1.82) is 0 Å². The van der Waals surface area contributed by atoms with E-state index in [4.69, 9.17) is 0 Å². The zero-order valence-electron chi connectivity index (χ0n) is 11.9. The number of nitrogens with zero attached hydrogens (tertiary/aromatic N) is 1. The first-order valence-corrected chi connectivity index (χ1v) is 6.50. The van der Waals surface area contributed by atoms with Crippen molar-refractivity contribution in [3.05, 3.63) is 47.5 Å². The Kier molecular flexibility index (Phi) is 3.86. The second-order valence-corrected chi connectivity index (χ2v) is 5.24. The van der Waals surface area contributed by atoms with Crippen LogP contribution in [-0.2, 0) is 0 Å². The fourth-order valence-electron chi connectivity index (χ4n) is 2.29. The van der Waals surface area contributed by atoms with Gasteiger partial charge in [0.25, 0.3) is 5.91 Å². The van der Waals surface area contributed by atoms with Gasteiger partial charge < -0.3 is 0 Å². The fraction of sp³-hybridized carbons (Fsp3) is 0.312. The summed E-state index contributed by atoms with van der Waals surface area (Å²) in [4.78, 5) is 12.2. The minimum Gasteiger partial charge on any atom is -0.285 e. The lowest BCUT2D eigenvalue weighted by atomic mass is 9.93. The van der Waals surface area contributed by atoms with Gasteiger partial charge in [-0.25, -0.2) is 5.01 Å². The second kappa shape index (κ2) is 5.41. The number of fused-ring (bicyclic) bond motifs is 1. The van der Waals surface area contributed by atoms with Crippen molar-refractivity contribution in [2.75, 3.05) is 14.1 Å². The van der Waals surface area contributed by atoms with Crippen LogP contribution < -0.4 is 5.43 Å². The van der Waals surface area contributed by atoms with Crippen LogP contribution in [0.3, 0.4) is 0 Å². The van der Waals surface area contributed by atoms with Gasteiger partial charge in [-0.2, -0.15) is 0 Å². The molecule has 3 heteroatoms. The third-order valence-corrected chi connectivity index (χ3v) is 3.15. The summed E-state index contributed by atoms with van der Waals surface area (Å²) in [5, 5.41) is 3.82. The molecule has 0 saturated carbocycles. The van der Waals surface area contributed by atoms with E-state index in [0.29, 0.717) is 11.5 Å². The van der Waals surface area contributed by atoms with E-state index >= 15 is 0 Å². The molecule has 0 unspecified atom stereocenters. The van der Waals surface area contributed by atoms with Gasteiger partial charge in [0.05, 0.1) is 0 Å². The van der Waals surface area contributed by atoms with Gasteiger partial charge in [0, 0.05) is 19.7 Å². The number of amides is 1. The highest BCUT2D eigenvalue weighted by molar-refractivity contribution is 6.07. The maximum atomic E-state index is 12.2. The molecule has 2 aromatic carbocycles. The summed E-state index contributed by atoms with van der Waals surface area (Å²) < 4.78 is 0. The summed E-state index contributed by atoms with van der Waals surface area (Å²) in [5.74, 6) is 0.368. The zero-order valence-corrected chi connectivity index (χ0v) is 11.9. The molecule has 0 aliphatic rings. The first kappa shape index (κ1) is 13.6. The van der Waals surface area contributed by atoms with E-state index in [-0.39, 0.29) is 5.91 Å². The van der Waals surface area contributed by atoms with Gasteiger partial charge in [-0.05, 0) is 28.3 Å². The summed E-state index contributed by atoms with van der Waals surface area (Å²) >= 11 is 0. The summed E-state index contributed by atoms with van der Waals surface area (Å²) in [6.45, 7) is 4.34. The predicted molar refractivity (Wildman–Crippen MR) is 79.2 cm³/mol. The topological polar surface area (TPSA) is 32.3 Å². The first-order valence-electron chi connectivity index (χ1n) is 6.50. The van der Waals surface area contributed by atoms with Crippen molar-refractivity contribution in [2.45, 2.75) is 19.8 Å². The van der Waals surface area contributed by atoms with Crippen LogP contribution in [0.5, 0.6) is 0 Å². The molecule has 0 heterocycles. The molecule has 0 fully saturated rings. The van der Waals surface area contributed by atoms with Gasteiger partial charge in [0.1, 0.15) is 0 Å². The summed E-state index contributed by atoms with van der Waals surface area (Å²) in [5.41, 5.74) is 4.79. The van der Waals surface area contributed by atoms with Crippen LogP contribution in [0, 0.1) is 0 Å². The van der Waals surface area contributed by atoms with E-state index in [0.717, 1.165) is 10.8 Å². The molecule has 19 heavy (non-hydrogen) atoms. The van der Waals surface area contributed by atoms with Crippen molar-refractivity contribution in [1.82, 2.24) is 10.4 Å². The van der Waals surface area contributed by atoms with Crippen molar-refractivity contribution in [3.63, 3.8) is 0 Å². The van der Waals surface area contributed by atoms with Crippen LogP contribution in [0.4, 0.5) is 0 Å². The Morgan fingerprint density at radius 2 is 1.68 bits per heavy atom. The molecule has 2 rings (SSSR count). The summed E-state index contributed by atoms with van der Waals surface area (Å²) in [7, 11) is 3.62. The molecular formula is C16H20N2O. The van der Waals surface area contributed by atoms with Crippen molar-refractivity contribution in [2.24, 2.45) is 0 Å². The Bertz CT molecular complexity index is 603. The van der Waals surface area contributed by atoms with Crippen LogP contribution in [0.15, 0.2) is 36.4 Å². The standard InChI is InChI=1S/C16H20N2O/c1-11(2)12-9-10-15(16(19)17-18(3)4)14-8-6-5-7-13(12)14/h5-11H,1-4H3,(H,17,19). The highest BCUT2D eigenvalue weighted by atomic mass is 16.2. The maximum Gasteiger partial charge on any atom is 0.266 e. The van der Waals surface area contributed by atoms with Crippen LogP contribution in [0.2, 0.25) is 0 Å². The van der Waals surface area contributed by atoms with E-state index in [9.17, 15) is 4.79 Å². The highest BCUT2D eigenvalue weighted by Crippen LogP contribution is 2.27. The second-order valence-electron chi connectivity index (χ2n) is 5.24. The maximum absolute atomic E-state index is 12.2. The Morgan fingerprint density at radius 3 is 2.26 bits per heavy atom. The van der Waals surface area contributed by atoms with Gasteiger partial charge in [-0.1, -0.05) is 44.2 Å². The molecule has 0 aromatic heterocycles. The smallest absolute Gasteiger partial charge is 0.266 e. The van der Waals surface area contributed by atoms with Crippen LogP contribution >= 0.6 is 0 Å². The zero-order chi connectivity index (χ0) is 14.0. The monoisotopic (exact) mass is 256 g/mol. The molecular weight excluding hydrogens is 236 g/mol. The molecule has 0 radical (unpaired) electrons. The predicted octanol–water partition coefficient (Wildman–Crippen LogP) is 3.17. The number of rotatable bonds is 3. The molecule has 0 aliphatic carbocycles. The van der Waals surface area contributed by atoms with E-state index in [1.807, 2.05) is 38.4 Å². The quantitative estimate of drug-likeness (QED) is 0.855. The van der Waals surface area contributed by atoms with Crippen molar-refractivity contribution < 1.29 is 4.79 Å². The minimum absolute atomic E-state index is 0.0727. The molecule has 0 atom stereocenters. The number of carbonyl (C=O) groups excluding carboxylic acids is 1. The van der Waals surface area contributed by atoms with Gasteiger partial charge in [-0.3, -0.25) is 10.2 Å². The first-order chi connectivity index (χ1) is 9.00. The Balaban J connectivity index is 2.59. The fourth-order valence-corrected chi connectivity index (χ4v) is 2.29. The van der Waals surface area contributed by atoms with Crippen molar-refractivity contribution in [3.8, 4) is 0 Å². The van der Waals surface area contributed by atoms with Gasteiger partial charge in [0.15, 0.2) is 0 Å². The molecule has 0 aliphatic heterocycles. The molecule has 100 valence electrons. The number of hydrogen-bond donors (Lipinski definition) is 1. The lowest BCUT2D eigenvalue weighted by molar-refractivity contribution is 0.0858. The van der Waals surface area contributed by atoms with Crippen LogP contribution in [0.25, 0.3) is 10.8 Å². The van der Waals surface area contributed by atoms with Gasteiger partial charge in [0.2, 0.25) is 0 Å². The lowest BCUT2D eigenvalue weighted by Crippen LogP contribution is -2.36. The molecule has 0 saturated heterocycles. The number of hydrogen-bond acceptors (Lipinski definition) is 2.